The number of hydrogen-bond acceptors (Lipinski definition) is 5. The van der Waals surface area contributed by atoms with Gasteiger partial charge in [-0.05, 0) is 81.7 Å². The lowest BCUT2D eigenvalue weighted by Gasteiger charge is -2.49. The Morgan fingerprint density at radius 1 is 1.28 bits per heavy atom. The smallest absolute Gasteiger partial charge is 0.260 e. The monoisotopic (exact) mass is 357 g/mol. The van der Waals surface area contributed by atoms with Crippen LogP contribution in [0, 0.1) is 12.8 Å². The molecule has 6 heteroatoms. The molecule has 0 radical (unpaired) electrons. The SMILES string of the molecule is Cc1coc(Sc2ccc(C(=O)NC3C4CCN(CC4)C3C)cc2)n1. The number of aromatic nitrogens is 1. The second-order valence-corrected chi connectivity index (χ2v) is 8.02. The fourth-order valence-corrected chi connectivity index (χ4v) is 4.69. The van der Waals surface area contributed by atoms with Crippen LogP contribution in [0.3, 0.4) is 0 Å². The van der Waals surface area contributed by atoms with Crippen molar-refractivity contribution in [2.75, 3.05) is 13.1 Å². The van der Waals surface area contributed by atoms with Gasteiger partial charge >= 0.3 is 0 Å². The summed E-state index contributed by atoms with van der Waals surface area (Å²) in [4.78, 5) is 20.4. The second kappa shape index (κ2) is 6.84. The highest BCUT2D eigenvalue weighted by Gasteiger charge is 2.40. The zero-order valence-electron chi connectivity index (χ0n) is 14.6. The van der Waals surface area contributed by atoms with Crippen LogP contribution in [0.4, 0.5) is 0 Å². The van der Waals surface area contributed by atoms with E-state index in [0.29, 0.717) is 22.7 Å². The Hall–Kier alpha value is -1.79. The third kappa shape index (κ3) is 3.46. The molecular weight excluding hydrogens is 334 g/mol. The van der Waals surface area contributed by atoms with Crippen molar-refractivity contribution in [2.24, 2.45) is 5.92 Å². The molecule has 0 aliphatic carbocycles. The summed E-state index contributed by atoms with van der Waals surface area (Å²) in [7, 11) is 0. The molecule has 3 fully saturated rings. The number of carbonyl (C=O) groups excluding carboxylic acids is 1. The summed E-state index contributed by atoms with van der Waals surface area (Å²) < 4.78 is 5.35. The van der Waals surface area contributed by atoms with Crippen LogP contribution < -0.4 is 5.32 Å². The minimum atomic E-state index is 0.0223. The van der Waals surface area contributed by atoms with E-state index >= 15 is 0 Å². The van der Waals surface area contributed by atoms with Crippen molar-refractivity contribution in [3.05, 3.63) is 41.8 Å². The van der Waals surface area contributed by atoms with Crippen LogP contribution >= 0.6 is 11.8 Å². The molecule has 5 rings (SSSR count). The molecule has 2 unspecified atom stereocenters. The number of nitrogens with zero attached hydrogens (tertiary/aromatic N) is 2. The number of aryl methyl sites for hydroxylation is 1. The van der Waals surface area contributed by atoms with E-state index in [4.69, 9.17) is 4.42 Å². The number of fused-ring (bicyclic) bond motifs is 3. The van der Waals surface area contributed by atoms with E-state index in [1.165, 1.54) is 37.7 Å². The van der Waals surface area contributed by atoms with E-state index in [0.717, 1.165) is 10.6 Å². The molecule has 1 aromatic heterocycles. The first-order valence-electron chi connectivity index (χ1n) is 8.85. The van der Waals surface area contributed by atoms with Crippen LogP contribution in [0.15, 0.2) is 45.1 Å². The Kier molecular flexibility index (Phi) is 4.56. The van der Waals surface area contributed by atoms with Crippen LogP contribution in [0.2, 0.25) is 0 Å². The van der Waals surface area contributed by atoms with Gasteiger partial charge in [0.05, 0.1) is 5.69 Å². The van der Waals surface area contributed by atoms with E-state index < -0.39 is 0 Å². The molecule has 1 N–H and O–H groups in total. The molecule has 3 aliphatic heterocycles. The summed E-state index contributed by atoms with van der Waals surface area (Å²) >= 11 is 1.46. The number of oxazole rings is 1. The first-order chi connectivity index (χ1) is 12.1. The molecule has 0 spiro atoms. The molecule has 1 aromatic carbocycles. The first-order valence-corrected chi connectivity index (χ1v) is 9.67. The van der Waals surface area contributed by atoms with E-state index in [2.05, 4.69) is 22.1 Å². The summed E-state index contributed by atoms with van der Waals surface area (Å²) in [5, 5.41) is 3.89. The molecule has 132 valence electrons. The van der Waals surface area contributed by atoms with Gasteiger partial charge in [-0.1, -0.05) is 0 Å². The normalized spacial score (nSPS) is 28.1. The molecule has 2 bridgehead atoms. The van der Waals surface area contributed by atoms with E-state index in [9.17, 15) is 4.79 Å². The van der Waals surface area contributed by atoms with Crippen molar-refractivity contribution in [3.8, 4) is 0 Å². The molecule has 5 nitrogen and oxygen atoms in total. The van der Waals surface area contributed by atoms with Crippen LogP contribution in [-0.2, 0) is 0 Å². The maximum atomic E-state index is 12.6. The topological polar surface area (TPSA) is 58.4 Å². The average molecular weight is 357 g/mol. The number of amides is 1. The summed E-state index contributed by atoms with van der Waals surface area (Å²) in [6, 6.07) is 8.33. The molecule has 3 saturated heterocycles. The Bertz CT molecular complexity index is 748. The predicted molar refractivity (Wildman–Crippen MR) is 96.8 cm³/mol. The third-order valence-electron chi connectivity index (χ3n) is 5.40. The lowest BCUT2D eigenvalue weighted by atomic mass is 9.79. The lowest BCUT2D eigenvalue weighted by molar-refractivity contribution is 0.0217. The van der Waals surface area contributed by atoms with Gasteiger partial charge in [0.25, 0.3) is 11.1 Å². The number of rotatable bonds is 4. The largest absolute Gasteiger partial charge is 0.439 e. The Morgan fingerprint density at radius 3 is 2.60 bits per heavy atom. The zero-order chi connectivity index (χ0) is 17.4. The second-order valence-electron chi connectivity index (χ2n) is 6.99. The molecule has 2 atom stereocenters. The van der Waals surface area contributed by atoms with Gasteiger partial charge in [-0.15, -0.1) is 0 Å². The maximum absolute atomic E-state index is 12.6. The van der Waals surface area contributed by atoms with Crippen molar-refractivity contribution in [1.29, 1.82) is 0 Å². The molecule has 4 heterocycles. The standard InChI is InChI=1S/C19H23N3O2S/c1-12-11-24-19(20-12)25-16-5-3-15(4-6-16)18(23)21-17-13(2)22-9-7-14(17)8-10-22/h3-6,11,13-14,17H,7-10H2,1-2H3,(H,21,23). The first kappa shape index (κ1) is 16.7. The van der Waals surface area contributed by atoms with Gasteiger partial charge in [0.2, 0.25) is 0 Å². The fourth-order valence-electron chi connectivity index (χ4n) is 3.93. The van der Waals surface area contributed by atoms with Crippen molar-refractivity contribution >= 4 is 17.7 Å². The number of hydrogen-bond donors (Lipinski definition) is 1. The summed E-state index contributed by atoms with van der Waals surface area (Å²) in [6.45, 7) is 6.47. The number of piperidine rings is 3. The van der Waals surface area contributed by atoms with Gasteiger partial charge in [-0.2, -0.15) is 0 Å². The molecule has 2 aromatic rings. The fraction of sp³-hybridized carbons (Fsp3) is 0.474. The molecular formula is C19H23N3O2S. The van der Waals surface area contributed by atoms with Gasteiger partial charge < -0.3 is 9.73 Å². The van der Waals surface area contributed by atoms with E-state index in [1.807, 2.05) is 31.2 Å². The van der Waals surface area contributed by atoms with Crippen LogP contribution in [0.25, 0.3) is 0 Å². The Balaban J connectivity index is 1.40. The lowest BCUT2D eigenvalue weighted by Crippen LogP contribution is -2.62. The Morgan fingerprint density at radius 2 is 2.00 bits per heavy atom. The Labute approximate surface area is 152 Å². The van der Waals surface area contributed by atoms with Crippen LogP contribution in [-0.4, -0.2) is 41.0 Å². The quantitative estimate of drug-likeness (QED) is 0.909. The molecule has 3 aliphatic rings. The summed E-state index contributed by atoms with van der Waals surface area (Å²) in [5.74, 6) is 0.640. The molecule has 25 heavy (non-hydrogen) atoms. The minimum Gasteiger partial charge on any atom is -0.439 e. The van der Waals surface area contributed by atoms with Gasteiger partial charge in [-0.3, -0.25) is 9.69 Å². The summed E-state index contributed by atoms with van der Waals surface area (Å²) in [6.07, 6.45) is 4.03. The van der Waals surface area contributed by atoms with E-state index in [1.54, 1.807) is 6.26 Å². The summed E-state index contributed by atoms with van der Waals surface area (Å²) in [5.41, 5.74) is 1.57. The van der Waals surface area contributed by atoms with Crippen molar-refractivity contribution < 1.29 is 9.21 Å². The van der Waals surface area contributed by atoms with Crippen molar-refractivity contribution in [1.82, 2.24) is 15.2 Å². The van der Waals surface area contributed by atoms with Gasteiger partial charge in [0, 0.05) is 22.5 Å². The highest BCUT2D eigenvalue weighted by molar-refractivity contribution is 7.99. The van der Waals surface area contributed by atoms with Gasteiger partial charge in [0.15, 0.2) is 0 Å². The van der Waals surface area contributed by atoms with Crippen LogP contribution in [0.1, 0.15) is 35.8 Å². The highest BCUT2D eigenvalue weighted by Crippen LogP contribution is 2.32. The number of nitrogens with one attached hydrogen (secondary N) is 1. The van der Waals surface area contributed by atoms with Crippen molar-refractivity contribution in [3.63, 3.8) is 0 Å². The number of benzene rings is 1. The van der Waals surface area contributed by atoms with Crippen molar-refractivity contribution in [2.45, 2.75) is 48.9 Å². The van der Waals surface area contributed by atoms with Crippen LogP contribution in [0.5, 0.6) is 0 Å². The molecule has 0 saturated carbocycles. The predicted octanol–water partition coefficient (Wildman–Crippen LogP) is 3.35. The van der Waals surface area contributed by atoms with Gasteiger partial charge in [0.1, 0.15) is 6.26 Å². The maximum Gasteiger partial charge on any atom is 0.260 e. The van der Waals surface area contributed by atoms with Gasteiger partial charge in [-0.25, -0.2) is 4.98 Å². The third-order valence-corrected chi connectivity index (χ3v) is 6.27. The zero-order valence-corrected chi connectivity index (χ0v) is 15.4. The minimum absolute atomic E-state index is 0.0223. The average Bonchev–Trinajstić information content (AvgIpc) is 3.04. The highest BCUT2D eigenvalue weighted by atomic mass is 32.2. The number of carbonyl (C=O) groups is 1. The molecule has 1 amide bonds. The van der Waals surface area contributed by atoms with E-state index in [-0.39, 0.29) is 11.9 Å².